The van der Waals surface area contributed by atoms with Crippen molar-refractivity contribution in [3.8, 4) is 12.3 Å². The fourth-order valence-corrected chi connectivity index (χ4v) is 3.69. The van der Waals surface area contributed by atoms with E-state index in [1.165, 1.54) is 38.5 Å². The molecule has 1 saturated heterocycles. The Labute approximate surface area is 116 Å². The van der Waals surface area contributed by atoms with Crippen LogP contribution >= 0.6 is 0 Å². The lowest BCUT2D eigenvalue weighted by Gasteiger charge is -2.25. The summed E-state index contributed by atoms with van der Waals surface area (Å²) in [6.07, 6.45) is 14.1. The zero-order valence-corrected chi connectivity index (χ0v) is 11.6. The van der Waals surface area contributed by atoms with Crippen molar-refractivity contribution in [3.63, 3.8) is 0 Å². The summed E-state index contributed by atoms with van der Waals surface area (Å²) in [4.78, 5) is 14.5. The maximum Gasteiger partial charge on any atom is 0.240 e. The van der Waals surface area contributed by atoms with E-state index in [0.29, 0.717) is 18.5 Å². The molecule has 2 saturated carbocycles. The number of amides is 1. The fourth-order valence-electron chi connectivity index (χ4n) is 3.69. The highest BCUT2D eigenvalue weighted by molar-refractivity contribution is 5.82. The summed E-state index contributed by atoms with van der Waals surface area (Å²) in [6, 6.07) is 0.608. The van der Waals surface area contributed by atoms with Gasteiger partial charge in [-0.25, -0.2) is 0 Å². The molecule has 1 heterocycles. The van der Waals surface area contributed by atoms with Crippen molar-refractivity contribution < 1.29 is 4.79 Å². The van der Waals surface area contributed by atoms with E-state index in [4.69, 9.17) is 6.42 Å². The molecule has 1 amide bonds. The summed E-state index contributed by atoms with van der Waals surface area (Å²) in [5, 5.41) is 3.57. The van der Waals surface area contributed by atoms with Crippen LogP contribution in [0.5, 0.6) is 0 Å². The molecule has 3 rings (SSSR count). The lowest BCUT2D eigenvalue weighted by atomic mass is 9.85. The molecule has 0 aromatic rings. The Morgan fingerprint density at radius 3 is 2.74 bits per heavy atom. The zero-order chi connectivity index (χ0) is 13.2. The van der Waals surface area contributed by atoms with Crippen LogP contribution in [0, 0.1) is 24.2 Å². The van der Waals surface area contributed by atoms with Crippen LogP contribution in [0.4, 0.5) is 0 Å². The van der Waals surface area contributed by atoms with Crippen LogP contribution in [0.2, 0.25) is 0 Å². The molecular weight excluding hydrogens is 236 g/mol. The first-order valence-electron chi connectivity index (χ1n) is 7.76. The summed E-state index contributed by atoms with van der Waals surface area (Å²) in [6.45, 7) is 1.35. The predicted octanol–water partition coefficient (Wildman–Crippen LogP) is 1.78. The maximum absolute atomic E-state index is 12.6. The Balaban J connectivity index is 1.60. The summed E-state index contributed by atoms with van der Waals surface area (Å²) in [5.41, 5.74) is 0. The van der Waals surface area contributed by atoms with Gasteiger partial charge >= 0.3 is 0 Å². The third-order valence-electron chi connectivity index (χ3n) is 4.93. The number of hydrogen-bond acceptors (Lipinski definition) is 2. The van der Waals surface area contributed by atoms with E-state index >= 15 is 0 Å². The van der Waals surface area contributed by atoms with Gasteiger partial charge in [-0.15, -0.1) is 6.42 Å². The zero-order valence-electron chi connectivity index (χ0n) is 11.6. The topological polar surface area (TPSA) is 32.3 Å². The van der Waals surface area contributed by atoms with Gasteiger partial charge in [-0.05, 0) is 43.9 Å². The van der Waals surface area contributed by atoms with Crippen molar-refractivity contribution in [2.45, 2.75) is 57.0 Å². The molecule has 3 heteroatoms. The highest BCUT2D eigenvalue weighted by Crippen LogP contribution is 2.34. The quantitative estimate of drug-likeness (QED) is 0.782. The first-order chi connectivity index (χ1) is 9.28. The Morgan fingerprint density at radius 1 is 1.26 bits per heavy atom. The number of rotatable bonds is 4. The second kappa shape index (κ2) is 5.54. The Hall–Kier alpha value is -1.01. The molecule has 0 bridgehead atoms. The van der Waals surface area contributed by atoms with Crippen molar-refractivity contribution >= 4 is 5.91 Å². The van der Waals surface area contributed by atoms with Gasteiger partial charge in [-0.1, -0.05) is 18.8 Å². The van der Waals surface area contributed by atoms with Crippen LogP contribution in [-0.2, 0) is 4.79 Å². The summed E-state index contributed by atoms with van der Waals surface area (Å²) in [7, 11) is 0. The van der Waals surface area contributed by atoms with Crippen LogP contribution in [0.3, 0.4) is 0 Å². The second-order valence-electron chi connectivity index (χ2n) is 6.47. The Kier molecular flexibility index (Phi) is 3.79. The van der Waals surface area contributed by atoms with Gasteiger partial charge < -0.3 is 10.2 Å². The molecule has 0 radical (unpaired) electrons. The van der Waals surface area contributed by atoms with Crippen LogP contribution in [0.15, 0.2) is 0 Å². The molecule has 2 aliphatic carbocycles. The van der Waals surface area contributed by atoms with Gasteiger partial charge in [0.2, 0.25) is 5.91 Å². The molecule has 0 spiro atoms. The first-order valence-corrected chi connectivity index (χ1v) is 7.76. The highest BCUT2D eigenvalue weighted by atomic mass is 16.2. The van der Waals surface area contributed by atoms with E-state index in [2.05, 4.69) is 11.2 Å². The minimum absolute atomic E-state index is 0.0280. The van der Waals surface area contributed by atoms with Crippen molar-refractivity contribution in [2.24, 2.45) is 11.8 Å². The second-order valence-corrected chi connectivity index (χ2v) is 6.47. The number of fused-ring (bicyclic) bond motifs is 1. The molecule has 3 fully saturated rings. The first kappa shape index (κ1) is 13.0. The maximum atomic E-state index is 12.6. The molecule has 1 aliphatic heterocycles. The molecule has 1 N–H and O–H groups in total. The van der Waals surface area contributed by atoms with Crippen molar-refractivity contribution in [2.75, 3.05) is 13.1 Å². The molecule has 3 nitrogen and oxygen atoms in total. The van der Waals surface area contributed by atoms with Crippen molar-refractivity contribution in [1.29, 1.82) is 0 Å². The molecular formula is C16H24N2O. The minimum atomic E-state index is 0.0280. The highest BCUT2D eigenvalue weighted by Gasteiger charge is 2.40. The van der Waals surface area contributed by atoms with Gasteiger partial charge in [0.1, 0.15) is 0 Å². The third kappa shape index (κ3) is 2.95. The van der Waals surface area contributed by atoms with Gasteiger partial charge in [0.05, 0.1) is 12.6 Å². The SMILES string of the molecule is C#CCN(CC1CC1)C(=O)C1CC2CCCCC2N1. The van der Waals surface area contributed by atoms with E-state index in [1.54, 1.807) is 0 Å². The molecule has 0 aromatic heterocycles. The van der Waals surface area contributed by atoms with Gasteiger partial charge in [0.15, 0.2) is 0 Å². The fraction of sp³-hybridized carbons (Fsp3) is 0.812. The number of carbonyl (C=O) groups excluding carboxylic acids is 1. The lowest BCUT2D eigenvalue weighted by molar-refractivity contribution is -0.132. The molecule has 104 valence electrons. The number of nitrogens with one attached hydrogen (secondary N) is 1. The molecule has 19 heavy (non-hydrogen) atoms. The number of terminal acetylenes is 1. The van der Waals surface area contributed by atoms with Gasteiger partial charge in [0.25, 0.3) is 0 Å². The van der Waals surface area contributed by atoms with Crippen LogP contribution in [0.25, 0.3) is 0 Å². The van der Waals surface area contributed by atoms with Crippen LogP contribution < -0.4 is 5.32 Å². The minimum Gasteiger partial charge on any atom is -0.330 e. The number of hydrogen-bond donors (Lipinski definition) is 1. The van der Waals surface area contributed by atoms with Crippen LogP contribution in [0.1, 0.15) is 44.9 Å². The standard InChI is InChI=1S/C16H24N2O/c1-2-9-18(11-12-7-8-12)16(19)15-10-13-5-3-4-6-14(13)17-15/h1,12-15,17H,3-11H2. The van der Waals surface area contributed by atoms with Crippen molar-refractivity contribution in [3.05, 3.63) is 0 Å². The van der Waals surface area contributed by atoms with Crippen LogP contribution in [-0.4, -0.2) is 36.0 Å². The van der Waals surface area contributed by atoms with Gasteiger partial charge in [-0.2, -0.15) is 0 Å². The average molecular weight is 260 g/mol. The normalized spacial score (nSPS) is 33.5. The molecule has 3 aliphatic rings. The van der Waals surface area contributed by atoms with E-state index in [-0.39, 0.29) is 11.9 Å². The largest absolute Gasteiger partial charge is 0.330 e. The number of carbonyl (C=O) groups is 1. The van der Waals surface area contributed by atoms with Gasteiger partial charge in [0, 0.05) is 12.6 Å². The number of nitrogens with zero attached hydrogens (tertiary/aromatic N) is 1. The Bertz CT molecular complexity index is 369. The van der Waals surface area contributed by atoms with Crippen molar-refractivity contribution in [1.82, 2.24) is 10.2 Å². The van der Waals surface area contributed by atoms with E-state index in [9.17, 15) is 4.79 Å². The summed E-state index contributed by atoms with van der Waals surface area (Å²) >= 11 is 0. The summed E-state index contributed by atoms with van der Waals surface area (Å²) in [5.74, 6) is 4.32. The van der Waals surface area contributed by atoms with E-state index in [0.717, 1.165) is 18.9 Å². The van der Waals surface area contributed by atoms with E-state index < -0.39 is 0 Å². The smallest absolute Gasteiger partial charge is 0.240 e. The third-order valence-corrected chi connectivity index (χ3v) is 4.93. The van der Waals surface area contributed by atoms with E-state index in [1.807, 2.05) is 4.90 Å². The molecule has 3 atom stereocenters. The summed E-state index contributed by atoms with van der Waals surface area (Å²) < 4.78 is 0. The average Bonchev–Trinajstić information content (AvgIpc) is 3.13. The lowest BCUT2D eigenvalue weighted by Crippen LogP contribution is -2.46. The molecule has 0 aromatic carbocycles. The monoisotopic (exact) mass is 260 g/mol. The Morgan fingerprint density at radius 2 is 2.05 bits per heavy atom. The molecule has 3 unspecified atom stereocenters. The van der Waals surface area contributed by atoms with Gasteiger partial charge in [-0.3, -0.25) is 4.79 Å². The predicted molar refractivity (Wildman–Crippen MR) is 75.4 cm³/mol.